The van der Waals surface area contributed by atoms with Gasteiger partial charge in [-0.1, -0.05) is 0 Å². The molecule has 15 atom stereocenters. The Morgan fingerprint density at radius 2 is 1.00 bits per heavy atom. The minimum Gasteiger partial charge on any atom is -0.390 e. The van der Waals surface area contributed by atoms with Crippen molar-refractivity contribution in [3.8, 4) is 0 Å². The summed E-state index contributed by atoms with van der Waals surface area (Å²) >= 11 is 0. The Kier molecular flexibility index (Phi) is 16.6. The number of rotatable bonds is 22. The van der Waals surface area contributed by atoms with E-state index in [1.54, 1.807) is 0 Å². The summed E-state index contributed by atoms with van der Waals surface area (Å²) in [6.45, 7) is -2.04. The molecule has 0 radical (unpaired) electrons. The van der Waals surface area contributed by atoms with Crippen LogP contribution in [-0.4, -0.2) is 163 Å². The highest BCUT2D eigenvalue weighted by Crippen LogP contribution is 2.54. The summed E-state index contributed by atoms with van der Waals surface area (Å²) in [5.41, 5.74) is 14.5. The van der Waals surface area contributed by atoms with Crippen LogP contribution in [0.2, 0.25) is 0 Å². The molecule has 3 unspecified atom stereocenters. The SMILES string of the molecule is Cc1cn([C@H]2C[C@H](OP(=O)(O)OC[C@H]3O[C@@H](n4cnc5c(N)ncnc54)C[C@@H]3OP(=O)(O)OC[C@H]3O[C@@H](n4cnc5c(=O)[nH]c(N)nc54)C[C@@H]3OP(=O)(O)OC[C@H]3O[C@@H](n4cnc5c(=O)[nH]c(N)nc54)C[C@@H]3O)[C@@H](COP(=O)=O)O2)c(=O)[nH]c1=O. The van der Waals surface area contributed by atoms with Gasteiger partial charge in [0.05, 0.1) is 51.5 Å². The normalized spacial score (nSPS) is 28.3. The van der Waals surface area contributed by atoms with E-state index in [0.29, 0.717) is 0 Å². The first-order valence-electron chi connectivity index (χ1n) is 25.0. The minimum absolute atomic E-state index is 0.0241. The van der Waals surface area contributed by atoms with Gasteiger partial charge in [0.1, 0.15) is 79.5 Å². The molecule has 0 aromatic carbocycles. The van der Waals surface area contributed by atoms with Crippen molar-refractivity contribution in [2.24, 2.45) is 0 Å². The third-order valence-electron chi connectivity index (χ3n) is 13.8. The maximum absolute atomic E-state index is 14.1. The number of hydrogen-bond acceptors (Lipinski definition) is 31. The fraction of sp³-hybridized carbons (Fsp3) is 0.525. The lowest BCUT2D eigenvalue weighted by molar-refractivity contribution is -0.0617. The number of ether oxygens (including phenoxy) is 4. The molecule has 4 aliphatic heterocycles. The quantitative estimate of drug-likeness (QED) is 0.0357. The van der Waals surface area contributed by atoms with E-state index in [9.17, 15) is 61.8 Å². The molecule has 0 aliphatic carbocycles. The number of H-pyrrole nitrogens is 3. The Morgan fingerprint density at radius 3 is 1.49 bits per heavy atom. The lowest BCUT2D eigenvalue weighted by Crippen LogP contribution is -2.33. The number of anilines is 3. The summed E-state index contributed by atoms with van der Waals surface area (Å²) in [4.78, 5) is 119. The van der Waals surface area contributed by atoms with Crippen LogP contribution in [0.15, 0.2) is 50.7 Å². The second-order valence-electron chi connectivity index (χ2n) is 19.4. The zero-order valence-electron chi connectivity index (χ0n) is 43.4. The fourth-order valence-corrected chi connectivity index (χ4v) is 13.0. The second kappa shape index (κ2) is 23.5. The molecule has 4 fully saturated rings. The number of phosphoric ester groups is 3. The molecule has 458 valence electrons. The molecule has 0 spiro atoms. The highest BCUT2D eigenvalue weighted by molar-refractivity contribution is 7.48. The van der Waals surface area contributed by atoms with Gasteiger partial charge in [0.15, 0.2) is 33.8 Å². The van der Waals surface area contributed by atoms with Gasteiger partial charge >= 0.3 is 37.1 Å². The number of phosphoric acid groups is 3. The van der Waals surface area contributed by atoms with Crippen molar-refractivity contribution in [3.05, 3.63) is 78.6 Å². The third kappa shape index (κ3) is 12.9. The topological polar surface area (TPSA) is 571 Å². The van der Waals surface area contributed by atoms with Crippen LogP contribution in [0.5, 0.6) is 0 Å². The zero-order chi connectivity index (χ0) is 60.4. The van der Waals surface area contributed by atoms with Crippen molar-refractivity contribution < 1.29 is 93.2 Å². The van der Waals surface area contributed by atoms with Crippen LogP contribution in [-0.2, 0) is 73.4 Å². The molecule has 4 aliphatic rings. The van der Waals surface area contributed by atoms with Crippen molar-refractivity contribution in [1.29, 1.82) is 0 Å². The number of nitrogen functional groups attached to an aromatic ring is 3. The molecule has 0 amide bonds. The smallest absolute Gasteiger partial charge is 0.390 e. The van der Waals surface area contributed by atoms with Gasteiger partial charge in [0.2, 0.25) is 11.9 Å². The maximum Gasteiger partial charge on any atom is 0.472 e. The monoisotopic (exact) mass is 1280 g/mol. The van der Waals surface area contributed by atoms with Crippen LogP contribution < -0.4 is 39.6 Å². The Bertz CT molecular complexity index is 4160. The molecular weight excluding hydrogens is 1230 g/mol. The minimum atomic E-state index is -5.41. The first-order chi connectivity index (χ1) is 40.3. The van der Waals surface area contributed by atoms with Gasteiger partial charge < -0.3 is 55.9 Å². The number of aryl methyl sites for hydroxylation is 1. The van der Waals surface area contributed by atoms with E-state index in [4.69, 9.17) is 63.3 Å². The first-order valence-corrected chi connectivity index (χ1v) is 30.6. The van der Waals surface area contributed by atoms with Gasteiger partial charge in [-0.25, -0.2) is 52.5 Å². The number of aromatic nitrogens is 14. The predicted molar refractivity (Wildman–Crippen MR) is 277 cm³/mol. The van der Waals surface area contributed by atoms with Crippen molar-refractivity contribution >= 4 is 82.6 Å². The number of nitrogens with one attached hydrogen (secondary N) is 3. The number of nitrogens with two attached hydrogens (primary N) is 3. The molecule has 11 heterocycles. The van der Waals surface area contributed by atoms with Gasteiger partial charge in [-0.3, -0.25) is 79.3 Å². The fourth-order valence-electron chi connectivity index (χ4n) is 9.86. The number of nitrogens with zero attached hydrogens (tertiary/aromatic N) is 11. The van der Waals surface area contributed by atoms with E-state index >= 15 is 0 Å². The van der Waals surface area contributed by atoms with Gasteiger partial charge in [0.25, 0.3) is 16.7 Å². The van der Waals surface area contributed by atoms with Gasteiger partial charge in [-0.15, -0.1) is 0 Å². The number of aliphatic hydroxyl groups excluding tert-OH is 1. The van der Waals surface area contributed by atoms with Gasteiger partial charge in [-0.05, 0) is 6.92 Å². The van der Waals surface area contributed by atoms with E-state index in [1.807, 2.05) is 0 Å². The van der Waals surface area contributed by atoms with Crippen molar-refractivity contribution in [3.63, 3.8) is 0 Å². The van der Waals surface area contributed by atoms with E-state index in [2.05, 4.69) is 54.4 Å². The van der Waals surface area contributed by atoms with E-state index in [1.165, 1.54) is 33.3 Å². The van der Waals surface area contributed by atoms with E-state index in [-0.39, 0.29) is 76.0 Å². The molecule has 85 heavy (non-hydrogen) atoms. The summed E-state index contributed by atoms with van der Waals surface area (Å²) in [5.74, 6) is -0.559. The number of fused-ring (bicyclic) bond motifs is 3. The standard InChI is InChI=1S/C40H49N17O24P4/c1-15-6-54(40(62)53-35(15)59)25-3-17(21(76-25)7-71-82(63)64)79-84(67,68)73-9-22-18(4-26(77-22)55-12-46-28-31(41)44-11-45-32(28)55)81-85(69,70)74-10-23-19(5-27(78-23)57-14-48-30-34(57)50-39(43)52-37(30)61)80-83(65,66)72-8-20-16(58)2-24(75-20)56-13-47-29-33(56)49-38(42)51-36(29)60/h6,11-14,16-27,58H,2-5,7-10H2,1H3,(H,65,66)(H,67,68)(H,69,70)(H2,41,44,45)(H,53,59,62)(H3,42,49,51,60)(H3,43,50,52,61)/t16-,17-,18-,19-,20+,21+,22+,23+,24+,25+,26+,27+/m0/s1. The number of aliphatic hydroxyl groups is 1. The molecule has 0 bridgehead atoms. The average molecular weight is 1280 g/mol. The summed E-state index contributed by atoms with van der Waals surface area (Å²) in [7, 11) is -19.4. The van der Waals surface area contributed by atoms with Crippen molar-refractivity contribution in [2.45, 2.75) is 106 Å². The first kappa shape index (κ1) is 60.0. The zero-order valence-corrected chi connectivity index (χ0v) is 46.9. The lowest BCUT2D eigenvalue weighted by Gasteiger charge is -2.25. The van der Waals surface area contributed by atoms with Crippen LogP contribution >= 0.6 is 31.4 Å². The van der Waals surface area contributed by atoms with Crippen LogP contribution in [0.25, 0.3) is 33.5 Å². The number of aromatic amines is 3. The molecule has 7 aromatic heterocycles. The molecular formula is C40H49N17O24P4. The summed E-state index contributed by atoms with van der Waals surface area (Å²) in [5, 5.41) is 10.9. The lowest BCUT2D eigenvalue weighted by atomic mass is 10.2. The van der Waals surface area contributed by atoms with Crippen LogP contribution in [0.3, 0.4) is 0 Å². The summed E-state index contributed by atoms with van der Waals surface area (Å²) < 4.78 is 131. The molecule has 13 N–H and O–H groups in total. The summed E-state index contributed by atoms with van der Waals surface area (Å²) in [6, 6.07) is 0. The molecule has 4 saturated heterocycles. The van der Waals surface area contributed by atoms with Crippen molar-refractivity contribution in [1.82, 2.24) is 68.1 Å². The summed E-state index contributed by atoms with van der Waals surface area (Å²) in [6.07, 6.45) is -11.9. The third-order valence-corrected chi connectivity index (χ3v) is 17.2. The van der Waals surface area contributed by atoms with Crippen LogP contribution in [0.1, 0.15) is 56.2 Å². The molecule has 11 rings (SSSR count). The number of imidazole rings is 3. The predicted octanol–water partition coefficient (Wildman–Crippen LogP) is -1.18. The molecule has 0 saturated carbocycles. The second-order valence-corrected chi connectivity index (χ2v) is 24.3. The average Bonchev–Trinajstić information content (AvgIpc) is 2.45. The van der Waals surface area contributed by atoms with Crippen LogP contribution in [0.4, 0.5) is 17.7 Å². The maximum atomic E-state index is 14.1. The largest absolute Gasteiger partial charge is 0.472 e. The molecule has 45 heteroatoms. The Labute approximate surface area is 471 Å². The van der Waals surface area contributed by atoms with E-state index < -0.39 is 160 Å². The van der Waals surface area contributed by atoms with Gasteiger partial charge in [-0.2, -0.15) is 9.97 Å². The molecule has 7 aromatic rings. The Morgan fingerprint density at radius 1 is 0.576 bits per heavy atom. The molecule has 41 nitrogen and oxygen atoms in total. The van der Waals surface area contributed by atoms with Crippen LogP contribution in [0, 0.1) is 6.92 Å². The Hall–Kier alpha value is -6.68. The highest BCUT2D eigenvalue weighted by atomic mass is 31.2. The number of hydrogen-bond donors (Lipinski definition) is 10. The van der Waals surface area contributed by atoms with E-state index in [0.717, 1.165) is 23.4 Å². The Balaban J connectivity index is 0.796. The highest BCUT2D eigenvalue weighted by Gasteiger charge is 2.49. The van der Waals surface area contributed by atoms with Crippen molar-refractivity contribution in [2.75, 3.05) is 43.6 Å². The van der Waals surface area contributed by atoms with Gasteiger partial charge in [0, 0.05) is 37.4 Å².